The first-order valence-electron chi connectivity index (χ1n) is 5.18. The SMILES string of the molecule is CC(C)(C(F)F)N(Cc1ccccc1)C(=O)O. The van der Waals surface area contributed by atoms with E-state index in [0.29, 0.717) is 5.56 Å². The van der Waals surface area contributed by atoms with E-state index in [1.807, 2.05) is 0 Å². The molecule has 0 bridgehead atoms. The van der Waals surface area contributed by atoms with E-state index in [2.05, 4.69) is 0 Å². The third kappa shape index (κ3) is 3.15. The zero-order chi connectivity index (χ0) is 13.1. The molecule has 0 atom stereocenters. The van der Waals surface area contributed by atoms with Gasteiger partial charge in [0, 0.05) is 6.54 Å². The lowest BCUT2D eigenvalue weighted by Gasteiger charge is -2.35. The van der Waals surface area contributed by atoms with E-state index in [1.54, 1.807) is 30.3 Å². The Hall–Kier alpha value is -1.65. The molecule has 0 saturated carbocycles. The molecule has 0 aliphatic rings. The van der Waals surface area contributed by atoms with Crippen LogP contribution in [0.4, 0.5) is 13.6 Å². The first-order chi connectivity index (χ1) is 7.85. The zero-order valence-corrected chi connectivity index (χ0v) is 9.73. The quantitative estimate of drug-likeness (QED) is 0.882. The van der Waals surface area contributed by atoms with E-state index in [1.165, 1.54) is 13.8 Å². The molecule has 1 aromatic rings. The maximum atomic E-state index is 12.8. The summed E-state index contributed by atoms with van der Waals surface area (Å²) in [5, 5.41) is 9.01. The average molecular weight is 243 g/mol. The average Bonchev–Trinajstić information content (AvgIpc) is 2.26. The normalized spacial score (nSPS) is 11.6. The highest BCUT2D eigenvalue weighted by Gasteiger charge is 2.39. The summed E-state index contributed by atoms with van der Waals surface area (Å²) in [5.41, 5.74) is -1.02. The summed E-state index contributed by atoms with van der Waals surface area (Å²) < 4.78 is 25.6. The van der Waals surface area contributed by atoms with Crippen LogP contribution in [-0.2, 0) is 6.54 Å². The van der Waals surface area contributed by atoms with Crippen LogP contribution >= 0.6 is 0 Å². The van der Waals surface area contributed by atoms with Crippen molar-refractivity contribution in [3.63, 3.8) is 0 Å². The second kappa shape index (κ2) is 5.12. The number of hydrogen-bond donors (Lipinski definition) is 1. The van der Waals surface area contributed by atoms with Gasteiger partial charge in [-0.3, -0.25) is 4.90 Å². The molecule has 1 aromatic carbocycles. The van der Waals surface area contributed by atoms with Gasteiger partial charge in [-0.05, 0) is 19.4 Å². The van der Waals surface area contributed by atoms with Crippen LogP contribution in [0.3, 0.4) is 0 Å². The van der Waals surface area contributed by atoms with Crippen molar-refractivity contribution in [1.82, 2.24) is 4.90 Å². The van der Waals surface area contributed by atoms with Crippen molar-refractivity contribution in [1.29, 1.82) is 0 Å². The van der Waals surface area contributed by atoms with Crippen molar-refractivity contribution >= 4 is 6.09 Å². The van der Waals surface area contributed by atoms with E-state index >= 15 is 0 Å². The Bertz CT molecular complexity index is 379. The molecule has 0 aromatic heterocycles. The summed E-state index contributed by atoms with van der Waals surface area (Å²) in [6.07, 6.45) is -4.08. The third-order valence-electron chi connectivity index (χ3n) is 2.64. The van der Waals surface area contributed by atoms with Crippen LogP contribution in [0.25, 0.3) is 0 Å². The second-order valence-corrected chi connectivity index (χ2v) is 4.31. The molecule has 0 aliphatic heterocycles. The molecule has 0 fully saturated rings. The number of carbonyl (C=O) groups is 1. The number of carboxylic acid groups (broad SMARTS) is 1. The van der Waals surface area contributed by atoms with Gasteiger partial charge in [-0.1, -0.05) is 30.3 Å². The fraction of sp³-hybridized carbons (Fsp3) is 0.417. The Morgan fingerprint density at radius 2 is 1.88 bits per heavy atom. The van der Waals surface area contributed by atoms with Crippen LogP contribution < -0.4 is 0 Å². The van der Waals surface area contributed by atoms with Crippen LogP contribution in [0.2, 0.25) is 0 Å². The third-order valence-corrected chi connectivity index (χ3v) is 2.64. The lowest BCUT2D eigenvalue weighted by atomic mass is 10.0. The van der Waals surface area contributed by atoms with Crippen molar-refractivity contribution in [3.8, 4) is 0 Å². The summed E-state index contributed by atoms with van der Waals surface area (Å²) in [7, 11) is 0. The minimum Gasteiger partial charge on any atom is -0.465 e. The lowest BCUT2D eigenvalue weighted by Crippen LogP contribution is -2.51. The molecule has 94 valence electrons. The molecule has 0 spiro atoms. The molecule has 1 amide bonds. The smallest absolute Gasteiger partial charge is 0.408 e. The predicted molar refractivity (Wildman–Crippen MR) is 60.1 cm³/mol. The molecule has 0 unspecified atom stereocenters. The van der Waals surface area contributed by atoms with E-state index in [0.717, 1.165) is 4.90 Å². The standard InChI is InChI=1S/C12H15F2NO2/c1-12(2,10(13)14)15(11(16)17)8-9-6-4-3-5-7-9/h3-7,10H,8H2,1-2H3,(H,16,17). The minimum atomic E-state index is -2.73. The Morgan fingerprint density at radius 1 is 1.35 bits per heavy atom. The number of halogens is 2. The van der Waals surface area contributed by atoms with Crippen molar-refractivity contribution in [2.45, 2.75) is 32.4 Å². The minimum absolute atomic E-state index is 0.0481. The Balaban J connectivity index is 2.92. The molecule has 0 radical (unpaired) electrons. The molecule has 0 saturated heterocycles. The van der Waals surface area contributed by atoms with Gasteiger partial charge in [-0.2, -0.15) is 0 Å². The van der Waals surface area contributed by atoms with Crippen molar-refractivity contribution < 1.29 is 18.7 Å². The maximum absolute atomic E-state index is 12.8. The lowest BCUT2D eigenvalue weighted by molar-refractivity contribution is -0.0267. The summed E-state index contributed by atoms with van der Waals surface area (Å²) in [5.74, 6) is 0. The van der Waals surface area contributed by atoms with Gasteiger partial charge in [-0.25, -0.2) is 13.6 Å². The topological polar surface area (TPSA) is 40.5 Å². The number of hydrogen-bond acceptors (Lipinski definition) is 1. The van der Waals surface area contributed by atoms with E-state index in [-0.39, 0.29) is 6.54 Å². The van der Waals surface area contributed by atoms with E-state index in [4.69, 9.17) is 5.11 Å². The van der Waals surface area contributed by atoms with Gasteiger partial charge in [0.1, 0.15) is 5.54 Å². The second-order valence-electron chi connectivity index (χ2n) is 4.31. The number of rotatable bonds is 4. The van der Waals surface area contributed by atoms with Crippen LogP contribution in [-0.4, -0.2) is 28.1 Å². The highest BCUT2D eigenvalue weighted by atomic mass is 19.3. The van der Waals surface area contributed by atoms with Gasteiger partial charge in [0.15, 0.2) is 0 Å². The first-order valence-corrected chi connectivity index (χ1v) is 5.18. The number of nitrogens with zero attached hydrogens (tertiary/aromatic N) is 1. The highest BCUT2D eigenvalue weighted by Crippen LogP contribution is 2.25. The van der Waals surface area contributed by atoms with Gasteiger partial charge < -0.3 is 5.11 Å². The molecule has 3 nitrogen and oxygen atoms in total. The van der Waals surface area contributed by atoms with Gasteiger partial charge in [-0.15, -0.1) is 0 Å². The summed E-state index contributed by atoms with van der Waals surface area (Å²) in [6.45, 7) is 2.39. The zero-order valence-electron chi connectivity index (χ0n) is 9.73. The number of amides is 1. The predicted octanol–water partition coefficient (Wildman–Crippen LogP) is 3.21. The van der Waals surface area contributed by atoms with Crippen LogP contribution in [0.15, 0.2) is 30.3 Å². The molecule has 5 heteroatoms. The number of alkyl halides is 2. The van der Waals surface area contributed by atoms with Crippen LogP contribution in [0, 0.1) is 0 Å². The van der Waals surface area contributed by atoms with E-state index in [9.17, 15) is 13.6 Å². The monoisotopic (exact) mass is 243 g/mol. The molecule has 1 N–H and O–H groups in total. The Kier molecular flexibility index (Phi) is 4.04. The summed E-state index contributed by atoms with van der Waals surface area (Å²) >= 11 is 0. The van der Waals surface area contributed by atoms with Gasteiger partial charge in [0.25, 0.3) is 6.43 Å². The van der Waals surface area contributed by atoms with Gasteiger partial charge in [0.2, 0.25) is 0 Å². The largest absolute Gasteiger partial charge is 0.465 e. The summed E-state index contributed by atoms with van der Waals surface area (Å²) in [4.78, 5) is 11.8. The molecule has 17 heavy (non-hydrogen) atoms. The molecule has 1 rings (SSSR count). The number of benzene rings is 1. The molecular weight excluding hydrogens is 228 g/mol. The highest BCUT2D eigenvalue weighted by molar-refractivity contribution is 5.66. The van der Waals surface area contributed by atoms with Crippen LogP contribution in [0.1, 0.15) is 19.4 Å². The van der Waals surface area contributed by atoms with Crippen molar-refractivity contribution in [3.05, 3.63) is 35.9 Å². The van der Waals surface area contributed by atoms with Crippen LogP contribution in [0.5, 0.6) is 0 Å². The molecular formula is C12H15F2NO2. The van der Waals surface area contributed by atoms with Gasteiger partial charge in [0.05, 0.1) is 0 Å². The molecule has 0 heterocycles. The Labute approximate surface area is 98.7 Å². The maximum Gasteiger partial charge on any atom is 0.408 e. The van der Waals surface area contributed by atoms with Crippen molar-refractivity contribution in [2.75, 3.05) is 0 Å². The molecule has 0 aliphatic carbocycles. The van der Waals surface area contributed by atoms with Gasteiger partial charge >= 0.3 is 6.09 Å². The summed E-state index contributed by atoms with van der Waals surface area (Å²) in [6, 6.07) is 8.68. The fourth-order valence-corrected chi connectivity index (χ4v) is 1.40. The fourth-order valence-electron chi connectivity index (χ4n) is 1.40. The van der Waals surface area contributed by atoms with E-state index < -0.39 is 18.1 Å². The first kappa shape index (κ1) is 13.4. The van der Waals surface area contributed by atoms with Crippen molar-refractivity contribution in [2.24, 2.45) is 0 Å². The Morgan fingerprint density at radius 3 is 2.29 bits per heavy atom.